The molecule has 0 aromatic carbocycles. The van der Waals surface area contributed by atoms with Crippen LogP contribution in [0.25, 0.3) is 0 Å². The van der Waals surface area contributed by atoms with Crippen LogP contribution in [0.15, 0.2) is 0 Å². The molecule has 4 rings (SSSR count). The van der Waals surface area contributed by atoms with Crippen LogP contribution in [0.1, 0.15) is 58.2 Å². The van der Waals surface area contributed by atoms with E-state index in [4.69, 9.17) is 14.5 Å². The van der Waals surface area contributed by atoms with Gasteiger partial charge in [-0.3, -0.25) is 4.90 Å². The second-order valence-electron chi connectivity index (χ2n) is 11.7. The first kappa shape index (κ1) is 27.7. The Bertz CT molecular complexity index is 1100. The summed E-state index contributed by atoms with van der Waals surface area (Å²) in [7, 11) is 2.08. The largest absolute Gasteiger partial charge is 0.465 e. The Balaban J connectivity index is 1.61. The number of nitriles is 1. The maximum atomic E-state index is 12.9. The number of piperazine rings is 1. The molecule has 208 valence electrons. The van der Waals surface area contributed by atoms with Crippen LogP contribution in [0.5, 0.6) is 6.01 Å². The first-order valence-corrected chi connectivity index (χ1v) is 13.2. The van der Waals surface area contributed by atoms with E-state index >= 15 is 0 Å². The third kappa shape index (κ3) is 6.04. The van der Waals surface area contributed by atoms with Gasteiger partial charge in [0.25, 0.3) is 0 Å². The van der Waals surface area contributed by atoms with Gasteiger partial charge in [0, 0.05) is 31.7 Å². The number of likely N-dealkylation sites (tertiary alicyclic amines) is 1. The standard InChI is InChI=1S/C26H39N7O5/c1-25(2,3)38-24(36)33-14-13-31(15-18(33)7-10-27)21-19-8-12-32(23(34)35)16-20(19)28-22(29-21)37-17-26(4)9-6-11-30(26)5/h18H,6-9,11-17H2,1-5H3,(H,34,35). The number of likely N-dealkylation sites (N-methyl/N-ethyl adjacent to an activating group) is 1. The van der Waals surface area contributed by atoms with E-state index in [1.165, 1.54) is 4.90 Å². The summed E-state index contributed by atoms with van der Waals surface area (Å²) in [6, 6.07) is 2.05. The fourth-order valence-electron chi connectivity index (χ4n) is 5.33. The number of hydrogen-bond donors (Lipinski definition) is 1. The van der Waals surface area contributed by atoms with E-state index in [1.807, 2.05) is 20.8 Å². The van der Waals surface area contributed by atoms with Gasteiger partial charge in [0.1, 0.15) is 18.0 Å². The molecule has 4 heterocycles. The van der Waals surface area contributed by atoms with Gasteiger partial charge >= 0.3 is 18.2 Å². The van der Waals surface area contributed by atoms with Gasteiger partial charge in [0.15, 0.2) is 0 Å². The number of carbonyl (C=O) groups is 2. The lowest BCUT2D eigenvalue weighted by atomic mass is 10.0. The van der Waals surface area contributed by atoms with Crippen molar-refractivity contribution >= 4 is 18.0 Å². The van der Waals surface area contributed by atoms with Crippen LogP contribution in [0.4, 0.5) is 15.4 Å². The van der Waals surface area contributed by atoms with Crippen LogP contribution in [0, 0.1) is 11.3 Å². The summed E-state index contributed by atoms with van der Waals surface area (Å²) in [5, 5.41) is 19.1. The van der Waals surface area contributed by atoms with E-state index in [9.17, 15) is 20.0 Å². The van der Waals surface area contributed by atoms with Gasteiger partial charge in [-0.25, -0.2) is 9.59 Å². The minimum absolute atomic E-state index is 0.122. The molecular formula is C26H39N7O5. The number of nitrogens with zero attached hydrogens (tertiary/aromatic N) is 7. The molecule has 1 N–H and O–H groups in total. The van der Waals surface area contributed by atoms with Crippen LogP contribution >= 0.6 is 0 Å². The van der Waals surface area contributed by atoms with Gasteiger partial charge in [0.05, 0.1) is 36.3 Å². The maximum Gasteiger partial charge on any atom is 0.410 e. The smallest absolute Gasteiger partial charge is 0.410 e. The summed E-state index contributed by atoms with van der Waals surface area (Å²) >= 11 is 0. The predicted octanol–water partition coefficient (Wildman–Crippen LogP) is 2.72. The van der Waals surface area contributed by atoms with Crippen LogP contribution in [0.3, 0.4) is 0 Å². The quantitative estimate of drug-likeness (QED) is 0.606. The van der Waals surface area contributed by atoms with Crippen molar-refractivity contribution in [1.82, 2.24) is 24.7 Å². The summed E-state index contributed by atoms with van der Waals surface area (Å²) in [6.45, 7) is 10.8. The van der Waals surface area contributed by atoms with Crippen LogP contribution in [-0.2, 0) is 17.7 Å². The molecule has 0 bridgehead atoms. The number of anilines is 1. The van der Waals surface area contributed by atoms with Gasteiger partial charge < -0.3 is 29.3 Å². The number of carbonyl (C=O) groups excluding carboxylic acids is 1. The summed E-state index contributed by atoms with van der Waals surface area (Å²) in [5.74, 6) is 0.687. The minimum atomic E-state index is -0.988. The molecule has 2 atom stereocenters. The summed E-state index contributed by atoms with van der Waals surface area (Å²) in [6.07, 6.45) is 1.33. The van der Waals surface area contributed by atoms with Gasteiger partial charge in [0.2, 0.25) is 0 Å². The first-order chi connectivity index (χ1) is 17.9. The molecule has 3 aliphatic heterocycles. The zero-order valence-corrected chi connectivity index (χ0v) is 23.1. The Morgan fingerprint density at radius 1 is 1.21 bits per heavy atom. The minimum Gasteiger partial charge on any atom is -0.465 e. The SMILES string of the molecule is CN1CCCC1(C)COc1nc2c(c(N3CCN(C(=O)OC(C)(C)C)C(CC#N)C3)n1)CCN(C(=O)O)C2. The summed E-state index contributed by atoms with van der Waals surface area (Å²) in [4.78, 5) is 41.3. The second kappa shape index (κ2) is 10.8. The molecule has 12 nitrogen and oxygen atoms in total. The molecule has 1 aromatic rings. The number of ether oxygens (including phenoxy) is 2. The second-order valence-corrected chi connectivity index (χ2v) is 11.7. The molecule has 0 saturated carbocycles. The molecule has 2 fully saturated rings. The van der Waals surface area contributed by atoms with Crippen LogP contribution < -0.4 is 9.64 Å². The zero-order valence-electron chi connectivity index (χ0n) is 23.1. The van der Waals surface area contributed by atoms with Crippen molar-refractivity contribution in [3.05, 3.63) is 11.3 Å². The maximum absolute atomic E-state index is 12.9. The summed E-state index contributed by atoms with van der Waals surface area (Å²) in [5.41, 5.74) is 0.767. The van der Waals surface area contributed by atoms with E-state index in [1.54, 1.807) is 4.90 Å². The van der Waals surface area contributed by atoms with Crippen molar-refractivity contribution in [3.63, 3.8) is 0 Å². The van der Waals surface area contributed by atoms with Crippen LogP contribution in [-0.4, -0.2) is 106 Å². The van der Waals surface area contributed by atoms with E-state index in [0.717, 1.165) is 24.9 Å². The molecule has 2 saturated heterocycles. The zero-order chi connectivity index (χ0) is 27.7. The van der Waals surface area contributed by atoms with E-state index in [-0.39, 0.29) is 30.6 Å². The third-order valence-electron chi connectivity index (χ3n) is 7.67. The number of aromatic nitrogens is 2. The Hall–Kier alpha value is -3.33. The average Bonchev–Trinajstić information content (AvgIpc) is 3.19. The Labute approximate surface area is 224 Å². The Morgan fingerprint density at radius 2 is 1.97 bits per heavy atom. The highest BCUT2D eigenvalue weighted by Crippen LogP contribution is 2.32. The van der Waals surface area contributed by atoms with Gasteiger partial charge in [-0.1, -0.05) is 0 Å². The molecule has 38 heavy (non-hydrogen) atoms. The molecule has 0 spiro atoms. The Morgan fingerprint density at radius 3 is 2.61 bits per heavy atom. The van der Waals surface area contributed by atoms with Crippen molar-refractivity contribution in [2.75, 3.05) is 51.3 Å². The number of carboxylic acid groups (broad SMARTS) is 1. The Kier molecular flexibility index (Phi) is 7.88. The lowest BCUT2D eigenvalue weighted by molar-refractivity contribution is 0.0144. The molecule has 0 radical (unpaired) electrons. The van der Waals surface area contributed by atoms with Crippen LogP contribution in [0.2, 0.25) is 0 Å². The normalized spacial score (nSPS) is 24.1. The molecule has 2 amide bonds. The molecule has 1 aromatic heterocycles. The topological polar surface area (TPSA) is 135 Å². The fraction of sp³-hybridized carbons (Fsp3) is 0.731. The number of fused-ring (bicyclic) bond motifs is 1. The predicted molar refractivity (Wildman–Crippen MR) is 139 cm³/mol. The molecule has 3 aliphatic rings. The summed E-state index contributed by atoms with van der Waals surface area (Å²) < 4.78 is 11.7. The molecule has 0 aliphatic carbocycles. The number of amides is 2. The van der Waals surface area contributed by atoms with Crippen molar-refractivity contribution in [2.24, 2.45) is 0 Å². The van der Waals surface area contributed by atoms with E-state index in [2.05, 4.69) is 34.8 Å². The first-order valence-electron chi connectivity index (χ1n) is 13.2. The fourth-order valence-corrected chi connectivity index (χ4v) is 5.33. The molecule has 12 heteroatoms. The number of rotatable bonds is 5. The van der Waals surface area contributed by atoms with Gasteiger partial charge in [-0.05, 0) is 60.5 Å². The third-order valence-corrected chi connectivity index (χ3v) is 7.67. The monoisotopic (exact) mass is 529 g/mol. The van der Waals surface area contributed by atoms with Crippen molar-refractivity contribution in [2.45, 2.75) is 77.1 Å². The highest BCUT2D eigenvalue weighted by atomic mass is 16.6. The lowest BCUT2D eigenvalue weighted by Crippen LogP contribution is -2.56. The van der Waals surface area contributed by atoms with Gasteiger partial charge in [-0.15, -0.1) is 0 Å². The molecular weight excluding hydrogens is 490 g/mol. The van der Waals surface area contributed by atoms with Crippen molar-refractivity contribution in [1.29, 1.82) is 5.26 Å². The van der Waals surface area contributed by atoms with Crippen molar-refractivity contribution in [3.8, 4) is 12.1 Å². The van der Waals surface area contributed by atoms with E-state index in [0.29, 0.717) is 50.7 Å². The lowest BCUT2D eigenvalue weighted by Gasteiger charge is -2.42. The van der Waals surface area contributed by atoms with E-state index < -0.39 is 17.8 Å². The van der Waals surface area contributed by atoms with Crippen molar-refractivity contribution < 1.29 is 24.2 Å². The van der Waals surface area contributed by atoms with Gasteiger partial charge in [-0.2, -0.15) is 15.2 Å². The number of hydrogen-bond acceptors (Lipinski definition) is 9. The average molecular weight is 530 g/mol. The highest BCUT2D eigenvalue weighted by molar-refractivity contribution is 5.69. The molecule has 2 unspecified atom stereocenters. The highest BCUT2D eigenvalue weighted by Gasteiger charge is 2.37.